The van der Waals surface area contributed by atoms with Crippen LogP contribution in [0.15, 0.2) is 72.8 Å². The van der Waals surface area contributed by atoms with E-state index >= 15 is 0 Å². The number of carbonyl (C=O) groups excluding carboxylic acids is 12. The van der Waals surface area contributed by atoms with Crippen LogP contribution in [0.4, 0.5) is 5.69 Å². The van der Waals surface area contributed by atoms with Crippen LogP contribution >= 0.6 is 0 Å². The lowest BCUT2D eigenvalue weighted by molar-refractivity contribution is -0.141. The standard InChI is InChI=1S/C85H120N22O26/c1-102(46-65-93-55-16-7-8-17-56(55)94-65)83(132)52-20-21-54-53(41-52)45-107(84(133)64(92-54)43-72(117)118)31-12-3-2-10-29-89-76(125)59(99-80(129)61(24-27-70(113)114)100-79(128)60(23-26-69(111)112)95-68(110)47-103-32-34-104(48-73(119)120)36-38-106(50-75(123)124)39-37-105(35-33-103)49-74(121)122)22-25-66(108)88-28-11-9-18-58-78(127)97-57(19-13-30-90-85(86)87)77(126)91-44-67(109)96-63(42-71(115)116)82(131)101-62(81(130)98-58)40-51-14-5-4-6-15-51/h4-8,14-17,20-21,41,57-64,92H,2-3,9-13,18-19,22-40,42-50H2,1H3,(H,88,108)(H,89,125)(H,91,126)(H,93,94)(H,95,110)(H,96,109)(H,97,127)(H,98,130)(H,99,129)(H,100,128)(H,101,131)(H,111,112)(H,113,114)(H,115,116)(H,117,118)(H,119,120)(H,121,122)(H,123,124)(H4,86,87,90)/t57-,58-,59-,60-,61+,62-,63-,64-/m0/s1. The van der Waals surface area contributed by atoms with Gasteiger partial charge in [-0.05, 0) is 106 Å². The van der Waals surface area contributed by atoms with Crippen LogP contribution < -0.4 is 69.5 Å². The number of fused-ring (bicyclic) bond motifs is 2. The Morgan fingerprint density at radius 3 is 1.56 bits per heavy atom. The maximum absolute atomic E-state index is 14.7. The van der Waals surface area contributed by atoms with Crippen LogP contribution in [-0.2, 0) is 106 Å². The molecule has 3 aliphatic heterocycles. The van der Waals surface area contributed by atoms with Crippen molar-refractivity contribution in [2.24, 2.45) is 5.73 Å². The molecule has 2 fully saturated rings. The average Bonchev–Trinajstić information content (AvgIpc) is 1.73. The highest BCUT2D eigenvalue weighted by Gasteiger charge is 2.38. The van der Waals surface area contributed by atoms with Crippen molar-refractivity contribution in [1.82, 2.24) is 97.9 Å². The van der Waals surface area contributed by atoms with E-state index in [9.17, 15) is 127 Å². The van der Waals surface area contributed by atoms with Gasteiger partial charge in [-0.25, -0.2) is 4.98 Å². The van der Waals surface area contributed by atoms with Crippen molar-refractivity contribution in [3.05, 3.63) is 95.3 Å². The summed E-state index contributed by atoms with van der Waals surface area (Å²) in [5.74, 6) is -19.8. The van der Waals surface area contributed by atoms with Gasteiger partial charge in [-0.3, -0.25) is 116 Å². The summed E-state index contributed by atoms with van der Waals surface area (Å²) < 4.78 is 0. The first kappa shape index (κ1) is 106. The molecule has 23 N–H and O–H groups in total. The van der Waals surface area contributed by atoms with E-state index in [0.29, 0.717) is 47.5 Å². The highest BCUT2D eigenvalue weighted by molar-refractivity contribution is 6.00. The van der Waals surface area contributed by atoms with Crippen molar-refractivity contribution < 1.29 is 127 Å². The molecular weight excluding hydrogens is 1750 g/mol. The number of aromatic amines is 1. The summed E-state index contributed by atoms with van der Waals surface area (Å²) in [6, 6.07) is 7.83. The van der Waals surface area contributed by atoms with Crippen molar-refractivity contribution >= 4 is 135 Å². The minimum atomic E-state index is -1.86. The lowest BCUT2D eigenvalue weighted by Gasteiger charge is -2.33. The zero-order valence-electron chi connectivity index (χ0n) is 73.8. The molecule has 726 valence electrons. The fourth-order valence-electron chi connectivity index (χ4n) is 15.0. The van der Waals surface area contributed by atoms with E-state index in [-0.39, 0.29) is 142 Å². The molecule has 0 radical (unpaired) electrons. The molecule has 48 heteroatoms. The minimum absolute atomic E-state index is 0.00171. The summed E-state index contributed by atoms with van der Waals surface area (Å²) in [6.45, 7) is -2.62. The molecule has 2 saturated heterocycles. The van der Waals surface area contributed by atoms with Crippen molar-refractivity contribution in [2.75, 3.05) is 124 Å². The molecule has 12 amide bonds. The molecule has 0 bridgehead atoms. The third-order valence-electron chi connectivity index (χ3n) is 22.0. The summed E-state index contributed by atoms with van der Waals surface area (Å²) in [5.41, 5.74) is 8.75. The third-order valence-corrected chi connectivity index (χ3v) is 22.0. The number of hydrogen-bond donors (Lipinski definition) is 22. The van der Waals surface area contributed by atoms with E-state index in [1.165, 1.54) is 29.4 Å². The van der Waals surface area contributed by atoms with Crippen LogP contribution in [-0.4, -0.2) is 360 Å². The first-order valence-corrected chi connectivity index (χ1v) is 43.7. The van der Waals surface area contributed by atoms with Crippen molar-refractivity contribution in [1.29, 1.82) is 5.41 Å². The summed E-state index contributed by atoms with van der Waals surface area (Å²) in [5, 5.41) is 107. The van der Waals surface area contributed by atoms with Gasteiger partial charge in [0.25, 0.3) is 5.91 Å². The third kappa shape index (κ3) is 38.5. The molecule has 0 saturated carbocycles. The Hall–Kier alpha value is -14.0. The number of para-hydroxylation sites is 2. The number of unbranched alkanes of at least 4 members (excludes halogenated alkanes) is 4. The number of guanidine groups is 1. The van der Waals surface area contributed by atoms with E-state index in [2.05, 4.69) is 73.8 Å². The number of hydrogen-bond acceptors (Lipinski definition) is 26. The van der Waals surface area contributed by atoms with Crippen molar-refractivity contribution in [2.45, 2.75) is 177 Å². The second-order valence-corrected chi connectivity index (χ2v) is 32.6. The lowest BCUT2D eigenvalue weighted by atomic mass is 10.0. The zero-order chi connectivity index (χ0) is 97.2. The summed E-state index contributed by atoms with van der Waals surface area (Å²) >= 11 is 0. The fourth-order valence-corrected chi connectivity index (χ4v) is 15.0. The minimum Gasteiger partial charge on any atom is -0.481 e. The highest BCUT2D eigenvalue weighted by Crippen LogP contribution is 2.28. The predicted octanol–water partition coefficient (Wildman–Crippen LogP) is -4.12. The number of carbonyl (C=O) groups is 19. The number of nitrogens with two attached hydrogens (primary N) is 1. The van der Waals surface area contributed by atoms with Crippen molar-refractivity contribution in [3.8, 4) is 0 Å². The van der Waals surface area contributed by atoms with Gasteiger partial charge in [0.15, 0.2) is 5.96 Å². The Bertz CT molecular complexity index is 4710. The van der Waals surface area contributed by atoms with Gasteiger partial charge >= 0.3 is 41.8 Å². The number of carboxylic acids is 7. The predicted molar refractivity (Wildman–Crippen MR) is 471 cm³/mol. The van der Waals surface area contributed by atoms with E-state index in [4.69, 9.17) is 11.1 Å². The number of H-pyrrole nitrogens is 1. The van der Waals surface area contributed by atoms with Gasteiger partial charge in [0.1, 0.15) is 54.2 Å². The molecule has 48 nitrogen and oxygen atoms in total. The molecule has 8 atom stereocenters. The molecular formula is C85H120N22O26. The number of imidazole rings is 1. The summed E-state index contributed by atoms with van der Waals surface area (Å²) in [6.07, 6.45) is -4.25. The molecule has 4 heterocycles. The average molecular weight is 1870 g/mol. The van der Waals surface area contributed by atoms with Crippen LogP contribution in [0.25, 0.3) is 11.0 Å². The molecule has 4 aromatic rings. The number of benzene rings is 3. The highest BCUT2D eigenvalue weighted by atomic mass is 16.4. The largest absolute Gasteiger partial charge is 0.481 e. The Kier molecular flexibility index (Phi) is 43.5. The number of amides is 12. The van der Waals surface area contributed by atoms with Gasteiger partial charge in [0.05, 0.1) is 63.1 Å². The SMILES string of the molecule is CN(Cc1nc2ccccc2[nH]1)C(=O)c1ccc2c(c1)CN(CCCCCCNC(=O)[C@H](CCC(=O)NCCCC[C@@H]1NC(=O)[C@H](Cc3ccccc3)NC(=O)[C@H](CC(=O)O)NC(=O)CNC(=O)[C@H](CCCNC(=N)N)NC1=O)NC(=O)[C@@H](CCC(=O)O)NC(=O)[C@H](CCC(=O)O)NC(=O)CN1CCN(CC(=O)O)CCN(CC(=O)O)CCN(CC(=O)O)CC1)C(=O)[C@H](CC(=O)O)N2. The van der Waals surface area contributed by atoms with E-state index in [0.717, 1.165) is 11.0 Å². The maximum atomic E-state index is 14.7. The zero-order valence-corrected chi connectivity index (χ0v) is 73.8. The van der Waals surface area contributed by atoms with Gasteiger partial charge in [-0.1, -0.05) is 55.3 Å². The number of aliphatic carboxylic acids is 7. The molecule has 0 unspecified atom stereocenters. The summed E-state index contributed by atoms with van der Waals surface area (Å²) in [7, 11) is 1.61. The Balaban J connectivity index is 1.07. The van der Waals surface area contributed by atoms with Crippen LogP contribution in [0, 0.1) is 5.41 Å². The maximum Gasteiger partial charge on any atom is 0.317 e. The molecule has 0 aliphatic carbocycles. The van der Waals surface area contributed by atoms with Gasteiger partial charge in [-0.15, -0.1) is 0 Å². The van der Waals surface area contributed by atoms with E-state index in [1.807, 2.05) is 24.3 Å². The number of nitrogens with one attached hydrogen (secondary N) is 14. The Morgan fingerprint density at radius 2 is 0.985 bits per heavy atom. The van der Waals surface area contributed by atoms with Crippen LogP contribution in [0.1, 0.15) is 136 Å². The van der Waals surface area contributed by atoms with Crippen LogP contribution in [0.2, 0.25) is 0 Å². The lowest BCUT2D eigenvalue weighted by Crippen LogP contribution is -2.58. The van der Waals surface area contributed by atoms with Gasteiger partial charge in [0.2, 0.25) is 65.0 Å². The summed E-state index contributed by atoms with van der Waals surface area (Å²) in [4.78, 5) is 270. The second kappa shape index (κ2) is 54.6. The van der Waals surface area contributed by atoms with E-state index in [1.54, 1.807) is 55.6 Å². The number of aromatic nitrogens is 2. The smallest absolute Gasteiger partial charge is 0.317 e. The quantitative estimate of drug-likeness (QED) is 0.0113. The Morgan fingerprint density at radius 1 is 0.489 bits per heavy atom. The molecule has 3 aliphatic rings. The number of nitrogens with zero attached hydrogens (tertiary/aromatic N) is 7. The normalized spacial score (nSPS) is 18.4. The van der Waals surface area contributed by atoms with Gasteiger partial charge in [0, 0.05) is 129 Å². The number of carboxylic acid groups (broad SMARTS) is 7. The van der Waals surface area contributed by atoms with Gasteiger partial charge < -0.3 is 120 Å². The molecule has 3 aromatic carbocycles. The monoisotopic (exact) mass is 1860 g/mol. The topological polar surface area (TPSA) is 708 Å². The first-order chi connectivity index (χ1) is 63.3. The number of rotatable bonds is 48. The van der Waals surface area contributed by atoms with Crippen LogP contribution in [0.5, 0.6) is 0 Å². The Labute approximate surface area is 764 Å². The molecule has 0 spiro atoms. The molecule has 133 heavy (non-hydrogen) atoms. The first-order valence-electron chi connectivity index (χ1n) is 43.7. The fraction of sp³-hybridized carbons (Fsp3) is 0.541. The van der Waals surface area contributed by atoms with Gasteiger partial charge in [-0.2, -0.15) is 0 Å². The van der Waals surface area contributed by atoms with E-state index < -0.39 is 245 Å². The molecule has 7 rings (SSSR count). The van der Waals surface area contributed by atoms with Crippen LogP contribution in [0.3, 0.4) is 0 Å². The molecule has 1 aromatic heterocycles. The van der Waals surface area contributed by atoms with Crippen molar-refractivity contribution in [3.63, 3.8) is 0 Å². The second-order valence-electron chi connectivity index (χ2n) is 32.6. The number of anilines is 1.